The third kappa shape index (κ3) is 1.31. The van der Waals surface area contributed by atoms with Crippen LogP contribution in [0.1, 0.15) is 38.7 Å². The van der Waals surface area contributed by atoms with Gasteiger partial charge in [-0.1, -0.05) is 38.5 Å². The monoisotopic (exact) mass is 212 g/mol. The topological polar surface area (TPSA) is 14.1 Å². The van der Waals surface area contributed by atoms with E-state index in [1.165, 1.54) is 36.2 Å². The van der Waals surface area contributed by atoms with Crippen LogP contribution in [0.3, 0.4) is 0 Å². The summed E-state index contributed by atoms with van der Waals surface area (Å²) in [5.74, 6) is 1.53. The molecule has 1 aromatic carbocycles. The zero-order valence-corrected chi connectivity index (χ0v) is 10.0. The highest BCUT2D eigenvalue weighted by atomic mass is 14.9. The lowest BCUT2D eigenvalue weighted by atomic mass is 9.83. The second kappa shape index (κ2) is 3.65. The van der Waals surface area contributed by atoms with E-state index in [1.807, 2.05) is 0 Å². The Morgan fingerprint density at radius 2 is 2.19 bits per heavy atom. The molecular formula is C15H18N. The summed E-state index contributed by atoms with van der Waals surface area (Å²) < 4.78 is 0. The molecule has 1 aliphatic carbocycles. The molecule has 0 spiro atoms. The van der Waals surface area contributed by atoms with E-state index >= 15 is 0 Å². The van der Waals surface area contributed by atoms with Crippen molar-refractivity contribution in [1.82, 2.24) is 5.32 Å². The van der Waals surface area contributed by atoms with Crippen molar-refractivity contribution in [2.75, 3.05) is 0 Å². The first-order chi connectivity index (χ1) is 7.81. The van der Waals surface area contributed by atoms with Gasteiger partial charge in [0.25, 0.3) is 0 Å². The molecule has 1 nitrogen and oxygen atoms in total. The average molecular weight is 212 g/mol. The zero-order valence-electron chi connectivity index (χ0n) is 10.0. The summed E-state index contributed by atoms with van der Waals surface area (Å²) in [7, 11) is 0. The maximum atomic E-state index is 4.76. The summed E-state index contributed by atoms with van der Waals surface area (Å²) in [6.45, 7) is 4.67. The largest absolute Gasteiger partial charge is 0.253 e. The molecule has 0 amide bonds. The fourth-order valence-electron chi connectivity index (χ4n) is 3.05. The molecule has 2 atom stereocenters. The number of hydrogen-bond acceptors (Lipinski definition) is 0. The molecule has 1 aromatic rings. The normalized spacial score (nSPS) is 24.0. The standard InChI is InChI=1S/C15H18N/c1-3-10(2)11-8-9-14-15(11)12-6-4-5-7-13(12)16-14/h4-7,10-11H,3,8-9H2,1-2H3. The predicted octanol–water partition coefficient (Wildman–Crippen LogP) is 4.10. The van der Waals surface area contributed by atoms with Gasteiger partial charge in [0.05, 0.1) is 5.69 Å². The predicted molar refractivity (Wildman–Crippen MR) is 67.3 cm³/mol. The van der Waals surface area contributed by atoms with Gasteiger partial charge in [-0.15, -0.1) is 0 Å². The van der Waals surface area contributed by atoms with Crippen molar-refractivity contribution in [1.29, 1.82) is 0 Å². The van der Waals surface area contributed by atoms with Gasteiger partial charge in [-0.25, -0.2) is 0 Å². The Balaban J connectivity index is 2.01. The molecular weight excluding hydrogens is 194 g/mol. The zero-order chi connectivity index (χ0) is 11.1. The highest BCUT2D eigenvalue weighted by molar-refractivity contribution is 5.84. The van der Waals surface area contributed by atoms with Gasteiger partial charge in [-0.05, 0) is 36.3 Å². The third-order valence-corrected chi connectivity index (χ3v) is 4.15. The lowest BCUT2D eigenvalue weighted by molar-refractivity contribution is 0.420. The highest BCUT2D eigenvalue weighted by Gasteiger charge is 2.35. The van der Waals surface area contributed by atoms with Crippen LogP contribution in [-0.2, 0) is 0 Å². The van der Waals surface area contributed by atoms with Gasteiger partial charge >= 0.3 is 0 Å². The lowest BCUT2D eigenvalue weighted by Crippen LogP contribution is -2.09. The van der Waals surface area contributed by atoms with E-state index in [4.69, 9.17) is 5.32 Å². The minimum absolute atomic E-state index is 0.743. The summed E-state index contributed by atoms with van der Waals surface area (Å²) in [6, 6.07) is 8.60. The van der Waals surface area contributed by atoms with Crippen LogP contribution in [0.25, 0.3) is 5.57 Å². The molecule has 1 heteroatoms. The van der Waals surface area contributed by atoms with Crippen molar-refractivity contribution >= 4 is 11.3 Å². The fraction of sp³-hybridized carbons (Fsp3) is 0.467. The number of rotatable bonds is 2. The molecule has 0 N–H and O–H groups in total. The van der Waals surface area contributed by atoms with Gasteiger partial charge in [-0.2, -0.15) is 0 Å². The molecule has 1 radical (unpaired) electrons. The van der Waals surface area contributed by atoms with Crippen LogP contribution in [0, 0.1) is 11.8 Å². The maximum Gasteiger partial charge on any atom is 0.0708 e. The van der Waals surface area contributed by atoms with Crippen LogP contribution in [0.2, 0.25) is 0 Å². The quantitative estimate of drug-likeness (QED) is 0.700. The van der Waals surface area contributed by atoms with Gasteiger partial charge in [0.1, 0.15) is 0 Å². The van der Waals surface area contributed by atoms with Crippen LogP contribution >= 0.6 is 0 Å². The van der Waals surface area contributed by atoms with E-state index in [0.29, 0.717) is 0 Å². The number of hydrogen-bond donors (Lipinski definition) is 0. The molecule has 83 valence electrons. The van der Waals surface area contributed by atoms with Gasteiger partial charge < -0.3 is 0 Å². The Morgan fingerprint density at radius 3 is 3.00 bits per heavy atom. The first-order valence-corrected chi connectivity index (χ1v) is 6.35. The van der Waals surface area contributed by atoms with Crippen LogP contribution < -0.4 is 5.32 Å². The number of para-hydroxylation sites is 1. The van der Waals surface area contributed by atoms with Crippen molar-refractivity contribution in [2.24, 2.45) is 11.8 Å². The van der Waals surface area contributed by atoms with Crippen molar-refractivity contribution in [3.63, 3.8) is 0 Å². The van der Waals surface area contributed by atoms with E-state index in [-0.39, 0.29) is 0 Å². The molecule has 1 heterocycles. The molecule has 0 aromatic heterocycles. The number of nitrogens with zero attached hydrogens (tertiary/aromatic N) is 1. The van der Waals surface area contributed by atoms with Crippen LogP contribution in [0.5, 0.6) is 0 Å². The second-order valence-corrected chi connectivity index (χ2v) is 5.02. The highest BCUT2D eigenvalue weighted by Crippen LogP contribution is 2.49. The van der Waals surface area contributed by atoms with Gasteiger partial charge in [-0.3, -0.25) is 5.32 Å². The fourth-order valence-corrected chi connectivity index (χ4v) is 3.05. The van der Waals surface area contributed by atoms with Crippen molar-refractivity contribution < 1.29 is 0 Å². The van der Waals surface area contributed by atoms with E-state index < -0.39 is 0 Å². The Hall–Kier alpha value is -1.24. The molecule has 0 saturated heterocycles. The Labute approximate surface area is 97.6 Å². The van der Waals surface area contributed by atoms with E-state index in [2.05, 4.69) is 38.1 Å². The minimum atomic E-state index is 0.743. The SMILES string of the molecule is CCC(C)C1CCC2=C1c1ccccc1[N]2. The molecule has 0 fully saturated rings. The number of benzene rings is 1. The van der Waals surface area contributed by atoms with Gasteiger partial charge in [0.15, 0.2) is 0 Å². The molecule has 3 rings (SSSR count). The summed E-state index contributed by atoms with van der Waals surface area (Å²) in [5, 5.41) is 4.76. The summed E-state index contributed by atoms with van der Waals surface area (Å²) >= 11 is 0. The first kappa shape index (κ1) is 9.95. The van der Waals surface area contributed by atoms with Crippen LogP contribution in [0.15, 0.2) is 30.0 Å². The van der Waals surface area contributed by atoms with Crippen LogP contribution in [-0.4, -0.2) is 0 Å². The molecule has 0 bridgehead atoms. The third-order valence-electron chi connectivity index (χ3n) is 4.15. The van der Waals surface area contributed by atoms with E-state index in [9.17, 15) is 0 Å². The van der Waals surface area contributed by atoms with Crippen molar-refractivity contribution in [2.45, 2.75) is 33.1 Å². The van der Waals surface area contributed by atoms with E-state index in [0.717, 1.165) is 11.8 Å². The Morgan fingerprint density at radius 1 is 1.38 bits per heavy atom. The summed E-state index contributed by atoms with van der Waals surface area (Å²) in [5.41, 5.74) is 5.53. The molecule has 16 heavy (non-hydrogen) atoms. The molecule has 0 saturated carbocycles. The van der Waals surface area contributed by atoms with Gasteiger partial charge in [0.2, 0.25) is 0 Å². The van der Waals surface area contributed by atoms with E-state index in [1.54, 1.807) is 5.57 Å². The maximum absolute atomic E-state index is 4.76. The molecule has 1 aliphatic heterocycles. The smallest absolute Gasteiger partial charge is 0.0708 e. The minimum Gasteiger partial charge on any atom is -0.253 e. The van der Waals surface area contributed by atoms with Crippen molar-refractivity contribution in [3.05, 3.63) is 35.5 Å². The molecule has 2 aliphatic rings. The summed E-state index contributed by atoms with van der Waals surface area (Å²) in [6.07, 6.45) is 3.75. The first-order valence-electron chi connectivity index (χ1n) is 6.35. The Kier molecular flexibility index (Phi) is 2.27. The van der Waals surface area contributed by atoms with Crippen LogP contribution in [0.4, 0.5) is 5.69 Å². The Bertz CT molecular complexity index is 445. The average Bonchev–Trinajstić information content (AvgIpc) is 2.86. The summed E-state index contributed by atoms with van der Waals surface area (Å²) in [4.78, 5) is 0. The molecule has 2 unspecified atom stereocenters. The second-order valence-electron chi connectivity index (χ2n) is 5.02. The lowest BCUT2D eigenvalue weighted by Gasteiger charge is -2.20. The van der Waals surface area contributed by atoms with Crippen molar-refractivity contribution in [3.8, 4) is 0 Å². The number of allylic oxidation sites excluding steroid dienone is 2. The number of fused-ring (bicyclic) bond motifs is 2. The van der Waals surface area contributed by atoms with Gasteiger partial charge in [0, 0.05) is 11.3 Å².